The number of pyridine rings is 3. The first-order valence-electron chi connectivity index (χ1n) is 11.6. The van der Waals surface area contributed by atoms with E-state index in [0.717, 1.165) is 9.99 Å². The SMILES string of the molecule is CC(C)I.CC(C)Oc1ncc(Cl)cc1N.CC(C)Oc1ncc(Cl)cc1[N+](=O)[O-].O=c1[nH]cc(Cl)cc1[N+](=O)[O-]. The van der Waals surface area contributed by atoms with Gasteiger partial charge >= 0.3 is 16.9 Å². The molecule has 13 nitrogen and oxygen atoms in total. The zero-order chi connectivity index (χ0) is 31.9. The normalized spacial score (nSPS) is 9.98. The number of nitrogens with one attached hydrogen (secondary N) is 1. The number of rotatable bonds is 6. The summed E-state index contributed by atoms with van der Waals surface area (Å²) in [5.74, 6) is 0.434. The summed E-state index contributed by atoms with van der Waals surface area (Å²) in [4.78, 5) is 39.8. The first-order valence-corrected chi connectivity index (χ1v) is 14.0. The number of hydrogen-bond acceptors (Lipinski definition) is 10. The first-order chi connectivity index (χ1) is 18.9. The molecular formula is C24H30Cl3IN6O7. The molecule has 0 aliphatic rings. The van der Waals surface area contributed by atoms with Gasteiger partial charge in [-0.15, -0.1) is 0 Å². The second-order valence-corrected chi connectivity index (χ2v) is 12.2. The highest BCUT2D eigenvalue weighted by atomic mass is 127. The van der Waals surface area contributed by atoms with Gasteiger partial charge in [-0.2, -0.15) is 0 Å². The van der Waals surface area contributed by atoms with E-state index in [9.17, 15) is 25.0 Å². The molecule has 0 spiro atoms. The van der Waals surface area contributed by atoms with Crippen LogP contribution in [0.5, 0.6) is 11.8 Å². The molecule has 3 aromatic heterocycles. The van der Waals surface area contributed by atoms with E-state index in [1.54, 1.807) is 19.9 Å². The van der Waals surface area contributed by atoms with Gasteiger partial charge in [-0.25, -0.2) is 9.97 Å². The smallest absolute Gasteiger partial charge is 0.335 e. The van der Waals surface area contributed by atoms with Crippen molar-refractivity contribution >= 4 is 74.5 Å². The minimum absolute atomic E-state index is 0.00519. The highest BCUT2D eigenvalue weighted by Crippen LogP contribution is 2.27. The van der Waals surface area contributed by atoms with Crippen LogP contribution in [0, 0.1) is 20.2 Å². The predicted molar refractivity (Wildman–Crippen MR) is 169 cm³/mol. The van der Waals surface area contributed by atoms with Crippen molar-refractivity contribution in [1.29, 1.82) is 0 Å². The standard InChI is InChI=1S/C8H9ClN2O3.C8H11ClN2O.C5H3ClN2O3.C3H7I/c1-5(2)14-8-7(11(12)13)3-6(9)4-10-8;1-5(2)12-8-7(10)3-6(9)4-11-8;6-3-1-4(8(10)11)5(9)7-2-3;1-3(2)4/h3-5H,1-2H3;3-5H,10H2,1-2H3;1-2H,(H,7,9);3H,1-2H3. The number of nitrogen functional groups attached to an aromatic ring is 1. The van der Waals surface area contributed by atoms with E-state index in [1.165, 1.54) is 24.7 Å². The number of nitrogens with two attached hydrogens (primary N) is 1. The monoisotopic (exact) mass is 746 g/mol. The number of anilines is 1. The van der Waals surface area contributed by atoms with Crippen LogP contribution in [-0.4, -0.2) is 40.9 Å². The molecule has 0 radical (unpaired) electrons. The average Bonchev–Trinajstić information content (AvgIpc) is 2.83. The lowest BCUT2D eigenvalue weighted by Crippen LogP contribution is -2.09. The molecule has 3 heterocycles. The van der Waals surface area contributed by atoms with Gasteiger partial charge in [0.1, 0.15) is 0 Å². The quantitative estimate of drug-likeness (QED) is 0.112. The Morgan fingerprint density at radius 3 is 1.66 bits per heavy atom. The summed E-state index contributed by atoms with van der Waals surface area (Å²) in [7, 11) is 0. The maximum atomic E-state index is 10.7. The Labute approximate surface area is 265 Å². The molecule has 226 valence electrons. The number of H-pyrrole nitrogens is 1. The Morgan fingerprint density at radius 2 is 1.24 bits per heavy atom. The molecule has 3 aromatic rings. The highest BCUT2D eigenvalue weighted by Gasteiger charge is 2.18. The number of nitrogens with zero attached hydrogens (tertiary/aromatic N) is 4. The van der Waals surface area contributed by atoms with Crippen LogP contribution in [0.3, 0.4) is 0 Å². The molecule has 0 saturated heterocycles. The van der Waals surface area contributed by atoms with Crippen molar-refractivity contribution in [1.82, 2.24) is 15.0 Å². The summed E-state index contributed by atoms with van der Waals surface area (Å²) in [6.45, 7) is 11.7. The number of alkyl halides is 1. The second kappa shape index (κ2) is 19.2. The number of ether oxygens (including phenoxy) is 2. The van der Waals surface area contributed by atoms with E-state index in [-0.39, 0.29) is 33.8 Å². The van der Waals surface area contributed by atoms with Crippen molar-refractivity contribution in [3.05, 3.63) is 82.4 Å². The molecular weight excluding hydrogens is 718 g/mol. The number of halogens is 4. The fourth-order valence-corrected chi connectivity index (χ4v) is 2.68. The van der Waals surface area contributed by atoms with Gasteiger partial charge in [0.25, 0.3) is 5.88 Å². The van der Waals surface area contributed by atoms with Crippen LogP contribution in [0.15, 0.2) is 41.6 Å². The van der Waals surface area contributed by atoms with Crippen LogP contribution in [0.1, 0.15) is 41.5 Å². The van der Waals surface area contributed by atoms with Crippen molar-refractivity contribution in [3.8, 4) is 11.8 Å². The summed E-state index contributed by atoms with van der Waals surface area (Å²) < 4.78 is 11.3. The zero-order valence-corrected chi connectivity index (χ0v) is 27.4. The Hall–Kier alpha value is -2.95. The van der Waals surface area contributed by atoms with Crippen LogP contribution in [0.25, 0.3) is 0 Å². The van der Waals surface area contributed by atoms with Crippen molar-refractivity contribution in [2.75, 3.05) is 5.73 Å². The lowest BCUT2D eigenvalue weighted by molar-refractivity contribution is -0.386. The summed E-state index contributed by atoms with van der Waals surface area (Å²) in [6, 6.07) is 3.83. The third kappa shape index (κ3) is 16.8. The van der Waals surface area contributed by atoms with E-state index in [1.807, 2.05) is 13.8 Å². The summed E-state index contributed by atoms with van der Waals surface area (Å²) >= 11 is 19.0. The van der Waals surface area contributed by atoms with E-state index in [4.69, 9.17) is 50.0 Å². The van der Waals surface area contributed by atoms with Crippen molar-refractivity contribution < 1.29 is 19.3 Å². The number of aromatic nitrogens is 3. The molecule has 0 aromatic carbocycles. The molecule has 41 heavy (non-hydrogen) atoms. The van der Waals surface area contributed by atoms with Crippen LogP contribution in [0.2, 0.25) is 15.1 Å². The van der Waals surface area contributed by atoms with Gasteiger partial charge in [0.05, 0.1) is 49.0 Å². The summed E-state index contributed by atoms with van der Waals surface area (Å²) in [5.41, 5.74) is 4.56. The van der Waals surface area contributed by atoms with Crippen molar-refractivity contribution in [2.24, 2.45) is 0 Å². The number of hydrogen-bond donors (Lipinski definition) is 2. The Morgan fingerprint density at radius 1 is 0.829 bits per heavy atom. The molecule has 3 rings (SSSR count). The van der Waals surface area contributed by atoms with Gasteiger partial charge in [-0.05, 0) is 33.8 Å². The molecule has 0 fully saturated rings. The average molecular weight is 748 g/mol. The van der Waals surface area contributed by atoms with Gasteiger partial charge in [0.2, 0.25) is 5.88 Å². The third-order valence-electron chi connectivity index (χ3n) is 3.58. The molecule has 0 saturated carbocycles. The van der Waals surface area contributed by atoms with E-state index >= 15 is 0 Å². The largest absolute Gasteiger partial charge is 0.473 e. The second-order valence-electron chi connectivity index (χ2n) is 8.42. The Kier molecular flexibility index (Phi) is 17.8. The maximum Gasteiger partial charge on any atom is 0.335 e. The molecule has 0 aliphatic heterocycles. The summed E-state index contributed by atoms with van der Waals surface area (Å²) in [5, 5.41) is 21.6. The molecule has 17 heteroatoms. The van der Waals surface area contributed by atoms with E-state index in [2.05, 4.69) is 51.4 Å². The van der Waals surface area contributed by atoms with E-state index in [0.29, 0.717) is 16.6 Å². The van der Waals surface area contributed by atoms with Gasteiger partial charge in [0, 0.05) is 28.5 Å². The number of nitro groups is 2. The van der Waals surface area contributed by atoms with Crippen LogP contribution in [0.4, 0.5) is 17.1 Å². The van der Waals surface area contributed by atoms with Gasteiger partial charge < -0.3 is 20.2 Å². The van der Waals surface area contributed by atoms with Crippen molar-refractivity contribution in [3.63, 3.8) is 0 Å². The fraction of sp³-hybridized carbons (Fsp3) is 0.375. The first kappa shape index (κ1) is 38.0. The molecule has 0 atom stereocenters. The van der Waals surface area contributed by atoms with Gasteiger partial charge in [0.15, 0.2) is 0 Å². The molecule has 3 N–H and O–H groups in total. The topological polar surface area (TPSA) is 189 Å². The van der Waals surface area contributed by atoms with E-state index < -0.39 is 21.1 Å². The van der Waals surface area contributed by atoms with Crippen LogP contribution >= 0.6 is 57.4 Å². The van der Waals surface area contributed by atoms with Crippen LogP contribution in [-0.2, 0) is 0 Å². The summed E-state index contributed by atoms with van der Waals surface area (Å²) in [6.07, 6.45) is 3.92. The third-order valence-corrected chi connectivity index (χ3v) is 4.21. The Balaban J connectivity index is 0.000000552. The lowest BCUT2D eigenvalue weighted by Gasteiger charge is -2.10. The number of aromatic amines is 1. The molecule has 0 amide bonds. The minimum atomic E-state index is -0.787. The highest BCUT2D eigenvalue weighted by molar-refractivity contribution is 14.1. The maximum absolute atomic E-state index is 10.7. The van der Waals surface area contributed by atoms with Crippen LogP contribution < -0.4 is 20.8 Å². The Bertz CT molecular complexity index is 1340. The van der Waals surface area contributed by atoms with Gasteiger partial charge in [-0.3, -0.25) is 25.0 Å². The fourth-order valence-electron chi connectivity index (χ4n) is 2.21. The molecule has 0 unspecified atom stereocenters. The minimum Gasteiger partial charge on any atom is -0.473 e. The molecule has 0 aliphatic carbocycles. The predicted octanol–water partition coefficient (Wildman–Crippen LogP) is 7.30. The lowest BCUT2D eigenvalue weighted by atomic mass is 10.4. The van der Waals surface area contributed by atoms with Crippen molar-refractivity contribution in [2.45, 2.75) is 57.7 Å². The molecule has 0 bridgehead atoms. The zero-order valence-electron chi connectivity index (χ0n) is 22.9. The van der Waals surface area contributed by atoms with Gasteiger partial charge in [-0.1, -0.05) is 71.2 Å².